The molecule has 0 heterocycles. The van der Waals surface area contributed by atoms with Gasteiger partial charge in [-0.05, 0) is 40.5 Å². The summed E-state index contributed by atoms with van der Waals surface area (Å²) in [5.41, 5.74) is 1.14. The summed E-state index contributed by atoms with van der Waals surface area (Å²) < 4.78 is 5.11. The lowest BCUT2D eigenvalue weighted by molar-refractivity contribution is 0.0599. The standard InChI is InChI=1S/C9H9BrO3/c1-5-3-7(10)8(11)4-6(5)9(12)13-2/h3-4,11H,1-2H3. The van der Waals surface area contributed by atoms with Crippen molar-refractivity contribution >= 4 is 21.9 Å². The molecule has 0 spiro atoms. The minimum atomic E-state index is -0.444. The molecule has 1 aromatic rings. The maximum absolute atomic E-state index is 11.1. The molecule has 0 saturated heterocycles. The van der Waals surface area contributed by atoms with Gasteiger partial charge in [0.15, 0.2) is 0 Å². The van der Waals surface area contributed by atoms with E-state index in [1.165, 1.54) is 13.2 Å². The largest absolute Gasteiger partial charge is 0.507 e. The topological polar surface area (TPSA) is 46.5 Å². The molecule has 0 unspecified atom stereocenters. The Morgan fingerprint density at radius 2 is 2.15 bits per heavy atom. The molecule has 0 amide bonds. The number of carbonyl (C=O) groups excluding carboxylic acids is 1. The van der Waals surface area contributed by atoms with Crippen LogP contribution in [0.25, 0.3) is 0 Å². The van der Waals surface area contributed by atoms with E-state index in [0.29, 0.717) is 10.0 Å². The fourth-order valence-electron chi connectivity index (χ4n) is 0.991. The zero-order valence-corrected chi connectivity index (χ0v) is 8.88. The Balaban J connectivity index is 3.23. The molecule has 1 N–H and O–H groups in total. The highest BCUT2D eigenvalue weighted by Gasteiger charge is 2.11. The molecule has 0 saturated carbocycles. The Morgan fingerprint density at radius 1 is 1.54 bits per heavy atom. The lowest BCUT2D eigenvalue weighted by atomic mass is 10.1. The summed E-state index contributed by atoms with van der Waals surface area (Å²) in [6, 6.07) is 3.05. The van der Waals surface area contributed by atoms with E-state index in [-0.39, 0.29) is 5.75 Å². The SMILES string of the molecule is COC(=O)c1cc(O)c(Br)cc1C. The molecule has 0 atom stereocenters. The Kier molecular flexibility index (Phi) is 2.93. The summed E-state index contributed by atoms with van der Waals surface area (Å²) in [4.78, 5) is 11.1. The minimum Gasteiger partial charge on any atom is -0.507 e. The number of aromatic hydroxyl groups is 1. The van der Waals surface area contributed by atoms with Crippen LogP contribution in [0.1, 0.15) is 15.9 Å². The van der Waals surface area contributed by atoms with Crippen LogP contribution in [0.15, 0.2) is 16.6 Å². The van der Waals surface area contributed by atoms with Gasteiger partial charge < -0.3 is 9.84 Å². The quantitative estimate of drug-likeness (QED) is 0.772. The third-order valence-corrected chi connectivity index (χ3v) is 2.33. The highest BCUT2D eigenvalue weighted by Crippen LogP contribution is 2.27. The number of phenolic OH excluding ortho intramolecular Hbond substituents is 1. The van der Waals surface area contributed by atoms with E-state index in [2.05, 4.69) is 20.7 Å². The third kappa shape index (κ3) is 2.01. The van der Waals surface area contributed by atoms with Crippen molar-refractivity contribution in [2.75, 3.05) is 7.11 Å². The fraction of sp³-hybridized carbons (Fsp3) is 0.222. The zero-order valence-electron chi connectivity index (χ0n) is 7.30. The van der Waals surface area contributed by atoms with E-state index in [1.54, 1.807) is 13.0 Å². The second-order valence-corrected chi connectivity index (χ2v) is 3.46. The van der Waals surface area contributed by atoms with E-state index in [0.717, 1.165) is 5.56 Å². The van der Waals surface area contributed by atoms with Crippen LogP contribution in [0.5, 0.6) is 5.75 Å². The molecular formula is C9H9BrO3. The number of esters is 1. The van der Waals surface area contributed by atoms with Crippen molar-refractivity contribution in [3.05, 3.63) is 27.7 Å². The van der Waals surface area contributed by atoms with Gasteiger partial charge in [-0.2, -0.15) is 0 Å². The highest BCUT2D eigenvalue weighted by molar-refractivity contribution is 9.10. The fourth-order valence-corrected chi connectivity index (χ4v) is 1.45. The van der Waals surface area contributed by atoms with Crippen molar-refractivity contribution in [2.24, 2.45) is 0 Å². The number of rotatable bonds is 1. The van der Waals surface area contributed by atoms with Crippen LogP contribution in [-0.4, -0.2) is 18.2 Å². The van der Waals surface area contributed by atoms with Gasteiger partial charge in [-0.1, -0.05) is 0 Å². The van der Waals surface area contributed by atoms with Gasteiger partial charge in [0.05, 0.1) is 17.1 Å². The molecule has 0 aromatic heterocycles. The molecular weight excluding hydrogens is 236 g/mol. The molecule has 4 heteroatoms. The normalized spacial score (nSPS) is 9.77. The first-order chi connectivity index (χ1) is 6.06. The summed E-state index contributed by atoms with van der Waals surface area (Å²) in [5.74, 6) is -0.411. The number of halogens is 1. The summed E-state index contributed by atoms with van der Waals surface area (Å²) in [7, 11) is 1.31. The molecule has 0 aliphatic heterocycles. The van der Waals surface area contributed by atoms with Gasteiger partial charge in [-0.15, -0.1) is 0 Å². The molecule has 3 nitrogen and oxygen atoms in total. The maximum Gasteiger partial charge on any atom is 0.338 e. The lowest BCUT2D eigenvalue weighted by Crippen LogP contribution is -2.03. The second-order valence-electron chi connectivity index (χ2n) is 2.61. The van der Waals surface area contributed by atoms with E-state index >= 15 is 0 Å². The van der Waals surface area contributed by atoms with E-state index in [9.17, 15) is 9.90 Å². The molecule has 0 aliphatic rings. The third-order valence-electron chi connectivity index (χ3n) is 1.70. The average molecular weight is 245 g/mol. The summed E-state index contributed by atoms with van der Waals surface area (Å²) in [6.07, 6.45) is 0. The number of aryl methyl sites for hydroxylation is 1. The molecule has 1 aromatic carbocycles. The first-order valence-corrected chi connectivity index (χ1v) is 4.43. The van der Waals surface area contributed by atoms with Crippen LogP contribution in [-0.2, 0) is 4.74 Å². The van der Waals surface area contributed by atoms with Gasteiger partial charge in [-0.25, -0.2) is 4.79 Å². The molecule has 13 heavy (non-hydrogen) atoms. The van der Waals surface area contributed by atoms with E-state index < -0.39 is 5.97 Å². The lowest BCUT2D eigenvalue weighted by Gasteiger charge is -2.05. The van der Waals surface area contributed by atoms with Crippen molar-refractivity contribution in [1.29, 1.82) is 0 Å². The number of hydrogen-bond donors (Lipinski definition) is 1. The second kappa shape index (κ2) is 3.79. The number of ether oxygens (including phenoxy) is 1. The predicted molar refractivity (Wildman–Crippen MR) is 51.9 cm³/mol. The molecule has 0 bridgehead atoms. The molecule has 0 aliphatic carbocycles. The highest BCUT2D eigenvalue weighted by atomic mass is 79.9. The number of phenols is 1. The Bertz CT molecular complexity index is 347. The van der Waals surface area contributed by atoms with Crippen LogP contribution in [0.4, 0.5) is 0 Å². The van der Waals surface area contributed by atoms with Crippen molar-refractivity contribution < 1.29 is 14.6 Å². The number of methoxy groups -OCH3 is 1. The molecule has 0 fully saturated rings. The first-order valence-electron chi connectivity index (χ1n) is 3.63. The molecule has 70 valence electrons. The number of hydrogen-bond acceptors (Lipinski definition) is 3. The summed E-state index contributed by atoms with van der Waals surface area (Å²) >= 11 is 3.15. The van der Waals surface area contributed by atoms with Crippen molar-refractivity contribution in [3.8, 4) is 5.75 Å². The van der Waals surface area contributed by atoms with Crippen LogP contribution < -0.4 is 0 Å². The van der Waals surface area contributed by atoms with Gasteiger partial charge in [0, 0.05) is 0 Å². The molecule has 0 radical (unpaired) electrons. The van der Waals surface area contributed by atoms with Gasteiger partial charge in [0.1, 0.15) is 5.75 Å². The Morgan fingerprint density at radius 3 is 2.69 bits per heavy atom. The van der Waals surface area contributed by atoms with Gasteiger partial charge in [0.25, 0.3) is 0 Å². The maximum atomic E-state index is 11.1. The van der Waals surface area contributed by atoms with Crippen LogP contribution in [0, 0.1) is 6.92 Å². The monoisotopic (exact) mass is 244 g/mol. The molecule has 1 rings (SSSR count). The first kappa shape index (κ1) is 10.1. The van der Waals surface area contributed by atoms with E-state index in [1.807, 2.05) is 0 Å². The van der Waals surface area contributed by atoms with E-state index in [4.69, 9.17) is 0 Å². The van der Waals surface area contributed by atoms with Gasteiger partial charge >= 0.3 is 5.97 Å². The minimum absolute atomic E-state index is 0.0333. The number of carbonyl (C=O) groups is 1. The van der Waals surface area contributed by atoms with Crippen molar-refractivity contribution in [1.82, 2.24) is 0 Å². The van der Waals surface area contributed by atoms with Crippen LogP contribution in [0.3, 0.4) is 0 Å². The zero-order chi connectivity index (χ0) is 10.0. The van der Waals surface area contributed by atoms with Gasteiger partial charge in [0.2, 0.25) is 0 Å². The average Bonchev–Trinajstić information content (AvgIpc) is 2.10. The van der Waals surface area contributed by atoms with Gasteiger partial charge in [-0.3, -0.25) is 0 Å². The smallest absolute Gasteiger partial charge is 0.338 e. The van der Waals surface area contributed by atoms with Crippen LogP contribution in [0.2, 0.25) is 0 Å². The Labute approximate surface area is 84.5 Å². The van der Waals surface area contributed by atoms with Crippen molar-refractivity contribution in [2.45, 2.75) is 6.92 Å². The summed E-state index contributed by atoms with van der Waals surface area (Å²) in [5, 5.41) is 9.31. The van der Waals surface area contributed by atoms with Crippen molar-refractivity contribution in [3.63, 3.8) is 0 Å². The summed E-state index contributed by atoms with van der Waals surface area (Å²) in [6.45, 7) is 1.77. The Hall–Kier alpha value is -1.03. The van der Waals surface area contributed by atoms with Crippen LogP contribution >= 0.6 is 15.9 Å². The predicted octanol–water partition coefficient (Wildman–Crippen LogP) is 2.25. The number of benzene rings is 1.